The number of halogens is 1. The van der Waals surface area contributed by atoms with Gasteiger partial charge in [0.25, 0.3) is 0 Å². The first kappa shape index (κ1) is 17.6. The average Bonchev–Trinajstić information content (AvgIpc) is 2.53. The van der Waals surface area contributed by atoms with Crippen LogP contribution in [0.3, 0.4) is 0 Å². The Kier molecular flexibility index (Phi) is 5.27. The van der Waals surface area contributed by atoms with Crippen molar-refractivity contribution in [2.45, 2.75) is 4.90 Å². The van der Waals surface area contributed by atoms with Crippen LogP contribution in [0.2, 0.25) is 0 Å². The number of sulfonamides is 1. The summed E-state index contributed by atoms with van der Waals surface area (Å²) in [7, 11) is -3.80. The van der Waals surface area contributed by atoms with Gasteiger partial charge in [0, 0.05) is 11.3 Å². The van der Waals surface area contributed by atoms with Crippen LogP contribution in [-0.4, -0.2) is 27.2 Å². The van der Waals surface area contributed by atoms with Gasteiger partial charge in [0.1, 0.15) is 12.1 Å². The number of carbonyl (C=O) groups is 2. The normalized spacial score (nSPS) is 10.9. The summed E-state index contributed by atoms with van der Waals surface area (Å²) in [5, 5.41) is 10.1. The molecule has 0 aliphatic rings. The number of primary sulfonamides is 1. The fourth-order valence-corrected chi connectivity index (χ4v) is 2.37. The second-order valence-corrected chi connectivity index (χ2v) is 6.39. The third-order valence-corrected chi connectivity index (χ3v) is 3.96. The first-order valence-corrected chi connectivity index (χ1v) is 8.25. The zero-order valence-electron chi connectivity index (χ0n) is 12.3. The standard InChI is InChI=1S/C15H14FN3O4S/c16-13-7-10(9-20)1-6-14(13)18-8-15(21)19-11-2-4-12(5-3-11)24(17,22)23/h1-7,9,18H,8H2,(H,19,21)(H2,17,22,23). The topological polar surface area (TPSA) is 118 Å². The van der Waals surface area contributed by atoms with E-state index in [1.807, 2.05) is 0 Å². The van der Waals surface area contributed by atoms with E-state index in [1.54, 1.807) is 0 Å². The Labute approximate surface area is 137 Å². The quantitative estimate of drug-likeness (QED) is 0.679. The number of rotatable bonds is 6. The summed E-state index contributed by atoms with van der Waals surface area (Å²) >= 11 is 0. The van der Waals surface area contributed by atoms with E-state index in [2.05, 4.69) is 10.6 Å². The van der Waals surface area contributed by atoms with Crippen molar-refractivity contribution in [3.8, 4) is 0 Å². The summed E-state index contributed by atoms with van der Waals surface area (Å²) in [6.45, 7) is -0.214. The summed E-state index contributed by atoms with van der Waals surface area (Å²) in [5.41, 5.74) is 0.642. The molecule has 0 bridgehead atoms. The van der Waals surface area contributed by atoms with Gasteiger partial charge in [0.15, 0.2) is 0 Å². The summed E-state index contributed by atoms with van der Waals surface area (Å²) in [4.78, 5) is 22.3. The van der Waals surface area contributed by atoms with Gasteiger partial charge in [-0.1, -0.05) is 0 Å². The minimum absolute atomic E-state index is 0.0732. The molecule has 0 saturated heterocycles. The van der Waals surface area contributed by atoms with Crippen LogP contribution < -0.4 is 15.8 Å². The fourth-order valence-electron chi connectivity index (χ4n) is 1.86. The summed E-state index contributed by atoms with van der Waals surface area (Å²) in [6, 6.07) is 9.12. The molecule has 9 heteroatoms. The molecule has 2 aromatic carbocycles. The number of benzene rings is 2. The van der Waals surface area contributed by atoms with Crippen LogP contribution in [0.15, 0.2) is 47.4 Å². The molecule has 0 saturated carbocycles. The van der Waals surface area contributed by atoms with Crippen molar-refractivity contribution in [1.29, 1.82) is 0 Å². The minimum Gasteiger partial charge on any atom is -0.374 e. The molecular weight excluding hydrogens is 337 g/mol. The summed E-state index contributed by atoms with van der Waals surface area (Å²) < 4.78 is 35.9. The van der Waals surface area contributed by atoms with E-state index in [0.29, 0.717) is 12.0 Å². The zero-order valence-corrected chi connectivity index (χ0v) is 13.1. The van der Waals surface area contributed by atoms with E-state index in [4.69, 9.17) is 5.14 Å². The third-order valence-electron chi connectivity index (χ3n) is 3.04. The van der Waals surface area contributed by atoms with Crippen molar-refractivity contribution in [2.24, 2.45) is 5.14 Å². The Morgan fingerprint density at radius 2 is 1.83 bits per heavy atom. The highest BCUT2D eigenvalue weighted by atomic mass is 32.2. The minimum atomic E-state index is -3.80. The monoisotopic (exact) mass is 351 g/mol. The number of nitrogens with two attached hydrogens (primary N) is 1. The molecule has 126 valence electrons. The Hall–Kier alpha value is -2.78. The SMILES string of the molecule is NS(=O)(=O)c1ccc(NC(=O)CNc2ccc(C=O)cc2F)cc1. The van der Waals surface area contributed by atoms with Crippen molar-refractivity contribution in [3.05, 3.63) is 53.8 Å². The lowest BCUT2D eigenvalue weighted by atomic mass is 10.2. The molecule has 0 unspecified atom stereocenters. The van der Waals surface area contributed by atoms with Gasteiger partial charge in [-0.2, -0.15) is 0 Å². The van der Waals surface area contributed by atoms with Crippen molar-refractivity contribution in [3.63, 3.8) is 0 Å². The molecule has 0 spiro atoms. The summed E-state index contributed by atoms with van der Waals surface area (Å²) in [5.74, 6) is -1.11. The molecule has 4 N–H and O–H groups in total. The van der Waals surface area contributed by atoms with Crippen LogP contribution in [0, 0.1) is 5.82 Å². The lowest BCUT2D eigenvalue weighted by Crippen LogP contribution is -2.22. The van der Waals surface area contributed by atoms with E-state index in [0.717, 1.165) is 6.07 Å². The van der Waals surface area contributed by atoms with Crippen molar-refractivity contribution in [1.82, 2.24) is 0 Å². The largest absolute Gasteiger partial charge is 0.374 e. The molecule has 7 nitrogen and oxygen atoms in total. The van der Waals surface area contributed by atoms with Gasteiger partial charge in [-0.25, -0.2) is 17.9 Å². The molecule has 0 aliphatic carbocycles. The van der Waals surface area contributed by atoms with Crippen LogP contribution in [0.4, 0.5) is 15.8 Å². The molecule has 0 heterocycles. The predicted molar refractivity (Wildman–Crippen MR) is 86.7 cm³/mol. The maximum Gasteiger partial charge on any atom is 0.243 e. The average molecular weight is 351 g/mol. The van der Waals surface area contributed by atoms with Gasteiger partial charge in [-0.15, -0.1) is 0 Å². The molecule has 0 aliphatic heterocycles. The van der Waals surface area contributed by atoms with E-state index in [9.17, 15) is 22.4 Å². The van der Waals surface area contributed by atoms with E-state index >= 15 is 0 Å². The van der Waals surface area contributed by atoms with Crippen molar-refractivity contribution >= 4 is 33.6 Å². The van der Waals surface area contributed by atoms with E-state index in [1.165, 1.54) is 36.4 Å². The Morgan fingerprint density at radius 3 is 2.38 bits per heavy atom. The molecular formula is C15H14FN3O4S. The molecule has 0 fully saturated rings. The smallest absolute Gasteiger partial charge is 0.243 e. The van der Waals surface area contributed by atoms with Crippen LogP contribution in [0.5, 0.6) is 0 Å². The van der Waals surface area contributed by atoms with Crippen LogP contribution in [-0.2, 0) is 14.8 Å². The molecule has 0 radical (unpaired) electrons. The number of amides is 1. The van der Waals surface area contributed by atoms with Crippen LogP contribution in [0.1, 0.15) is 10.4 Å². The number of nitrogens with one attached hydrogen (secondary N) is 2. The molecule has 0 atom stereocenters. The van der Waals surface area contributed by atoms with Gasteiger partial charge in [-0.3, -0.25) is 9.59 Å². The molecule has 24 heavy (non-hydrogen) atoms. The number of hydrogen-bond acceptors (Lipinski definition) is 5. The van der Waals surface area contributed by atoms with E-state index in [-0.39, 0.29) is 22.7 Å². The first-order chi connectivity index (χ1) is 11.3. The van der Waals surface area contributed by atoms with Crippen molar-refractivity contribution < 1.29 is 22.4 Å². The Morgan fingerprint density at radius 1 is 1.17 bits per heavy atom. The Balaban J connectivity index is 1.95. The molecule has 2 rings (SSSR count). The van der Waals surface area contributed by atoms with Gasteiger partial charge in [0.05, 0.1) is 17.1 Å². The maximum absolute atomic E-state index is 13.6. The molecule has 1 amide bonds. The number of hydrogen-bond donors (Lipinski definition) is 3. The first-order valence-electron chi connectivity index (χ1n) is 6.71. The van der Waals surface area contributed by atoms with E-state index < -0.39 is 21.7 Å². The maximum atomic E-state index is 13.6. The second-order valence-electron chi connectivity index (χ2n) is 4.83. The van der Waals surface area contributed by atoms with Crippen molar-refractivity contribution in [2.75, 3.05) is 17.2 Å². The second kappa shape index (κ2) is 7.20. The van der Waals surface area contributed by atoms with Gasteiger partial charge in [-0.05, 0) is 42.5 Å². The van der Waals surface area contributed by atoms with Gasteiger partial charge in [0.2, 0.25) is 15.9 Å². The van der Waals surface area contributed by atoms with Gasteiger partial charge >= 0.3 is 0 Å². The number of aldehydes is 1. The molecule has 2 aromatic rings. The lowest BCUT2D eigenvalue weighted by molar-refractivity contribution is -0.114. The zero-order chi connectivity index (χ0) is 17.7. The fraction of sp³-hybridized carbons (Fsp3) is 0.0667. The van der Waals surface area contributed by atoms with Crippen LogP contribution in [0.25, 0.3) is 0 Å². The predicted octanol–water partition coefficient (Wildman–Crippen LogP) is 1.34. The molecule has 0 aromatic heterocycles. The highest BCUT2D eigenvalue weighted by molar-refractivity contribution is 7.89. The highest BCUT2D eigenvalue weighted by Crippen LogP contribution is 2.15. The number of carbonyl (C=O) groups excluding carboxylic acids is 2. The van der Waals surface area contributed by atoms with Gasteiger partial charge < -0.3 is 10.6 Å². The lowest BCUT2D eigenvalue weighted by Gasteiger charge is -2.09. The highest BCUT2D eigenvalue weighted by Gasteiger charge is 2.09. The van der Waals surface area contributed by atoms with Crippen LogP contribution >= 0.6 is 0 Å². The Bertz CT molecular complexity index is 867. The number of anilines is 2. The third kappa shape index (κ3) is 4.61. The summed E-state index contributed by atoms with van der Waals surface area (Å²) in [6.07, 6.45) is 0.519.